The van der Waals surface area contributed by atoms with Crippen molar-refractivity contribution in [3.8, 4) is 11.8 Å². The molecule has 5 aliphatic rings. The molecule has 0 amide bonds. The predicted molar refractivity (Wildman–Crippen MR) is 165 cm³/mol. The molecule has 0 bridgehead atoms. The van der Waals surface area contributed by atoms with Crippen molar-refractivity contribution in [3.05, 3.63) is 52.6 Å². The van der Waals surface area contributed by atoms with Crippen molar-refractivity contribution in [2.24, 2.45) is 28.6 Å². The number of carbonyl (C=O) groups excluding carboxylic acids is 3. The van der Waals surface area contributed by atoms with Crippen molar-refractivity contribution in [3.63, 3.8) is 0 Å². The fourth-order valence-corrected chi connectivity index (χ4v) is 9.59. The molecule has 0 N–H and O–H groups in total. The molecule has 6 atom stereocenters. The number of allylic oxidation sites excluding steroid dienone is 4. The van der Waals surface area contributed by atoms with Crippen LogP contribution in [0, 0.1) is 40.4 Å². The minimum absolute atomic E-state index is 0.0555. The van der Waals surface area contributed by atoms with Gasteiger partial charge in [-0.2, -0.15) is 0 Å². The van der Waals surface area contributed by atoms with E-state index < -0.39 is 11.4 Å². The number of ketones is 2. The number of ether oxygens (including phenoxy) is 1. The number of fused-ring (bicyclic) bond motifs is 4. The third-order valence-corrected chi connectivity index (χ3v) is 11.5. The zero-order valence-corrected chi connectivity index (χ0v) is 25.8. The summed E-state index contributed by atoms with van der Waals surface area (Å²) in [5, 5.41) is 0. The lowest BCUT2D eigenvalue weighted by molar-refractivity contribution is -0.150. The number of rotatable bonds is 5. The molecule has 5 nitrogen and oxygen atoms in total. The molecule has 1 saturated heterocycles. The van der Waals surface area contributed by atoms with Crippen LogP contribution in [0.15, 0.2) is 47.1 Å². The van der Waals surface area contributed by atoms with Gasteiger partial charge in [-0.15, -0.1) is 5.92 Å². The molecular weight excluding hydrogens is 522 g/mol. The van der Waals surface area contributed by atoms with E-state index in [2.05, 4.69) is 54.9 Å². The Balaban J connectivity index is 1.47. The SMILES string of the molecule is CC#C[C@]1(C(=O)COC(C)=O)CC[C@H]2[C@@H]3CC(C)C4=CC(=O)CCC4=C3[C@@H](c3ccc(N4CCCCC4)cc3)C[C@@]21C. The number of hydrogen-bond acceptors (Lipinski definition) is 5. The maximum atomic E-state index is 14.0. The molecule has 1 aliphatic heterocycles. The summed E-state index contributed by atoms with van der Waals surface area (Å²) in [4.78, 5) is 40.8. The molecule has 2 saturated carbocycles. The molecule has 6 rings (SSSR count). The number of nitrogens with zero attached hydrogens (tertiary/aromatic N) is 1. The van der Waals surface area contributed by atoms with Gasteiger partial charge in [0.25, 0.3) is 0 Å². The molecule has 4 aliphatic carbocycles. The van der Waals surface area contributed by atoms with Crippen molar-refractivity contribution in [1.29, 1.82) is 0 Å². The van der Waals surface area contributed by atoms with Crippen LogP contribution in [0.4, 0.5) is 5.69 Å². The topological polar surface area (TPSA) is 63.7 Å². The second-order valence-corrected chi connectivity index (χ2v) is 13.7. The van der Waals surface area contributed by atoms with Crippen LogP contribution in [-0.2, 0) is 19.1 Å². The summed E-state index contributed by atoms with van der Waals surface area (Å²) in [5.74, 6) is 7.46. The van der Waals surface area contributed by atoms with Gasteiger partial charge in [-0.05, 0) is 116 Å². The first-order valence-corrected chi connectivity index (χ1v) is 16.1. The Morgan fingerprint density at radius 3 is 2.52 bits per heavy atom. The molecule has 0 radical (unpaired) electrons. The van der Waals surface area contributed by atoms with E-state index in [-0.39, 0.29) is 29.5 Å². The summed E-state index contributed by atoms with van der Waals surface area (Å²) in [6, 6.07) is 9.23. The molecule has 0 aromatic heterocycles. The Labute approximate surface area is 251 Å². The van der Waals surface area contributed by atoms with Crippen LogP contribution in [0.5, 0.6) is 0 Å². The van der Waals surface area contributed by atoms with Crippen molar-refractivity contribution < 1.29 is 19.1 Å². The number of hydrogen-bond donors (Lipinski definition) is 0. The molecule has 222 valence electrons. The Hall–Kier alpha value is -3.13. The first kappa shape index (κ1) is 29.0. The number of benzene rings is 1. The van der Waals surface area contributed by atoms with Crippen LogP contribution >= 0.6 is 0 Å². The summed E-state index contributed by atoms with van der Waals surface area (Å²) < 4.78 is 5.29. The van der Waals surface area contributed by atoms with E-state index in [1.165, 1.54) is 54.2 Å². The van der Waals surface area contributed by atoms with E-state index in [0.29, 0.717) is 30.6 Å². The fraction of sp³-hybridized carbons (Fsp3) is 0.595. The third-order valence-electron chi connectivity index (χ3n) is 11.5. The van der Waals surface area contributed by atoms with Crippen LogP contribution in [-0.4, -0.2) is 37.2 Å². The maximum absolute atomic E-state index is 14.0. The van der Waals surface area contributed by atoms with Crippen LogP contribution < -0.4 is 4.90 Å². The lowest BCUT2D eigenvalue weighted by Crippen LogP contribution is -2.52. The largest absolute Gasteiger partial charge is 0.458 e. The highest BCUT2D eigenvalue weighted by molar-refractivity contribution is 5.93. The average Bonchev–Trinajstić information content (AvgIpc) is 3.29. The molecular formula is C37H45NO4. The Bertz CT molecular complexity index is 1400. The quantitative estimate of drug-likeness (QED) is 0.284. The molecule has 1 unspecified atom stereocenters. The Kier molecular flexibility index (Phi) is 7.71. The van der Waals surface area contributed by atoms with Crippen molar-refractivity contribution in [2.75, 3.05) is 24.6 Å². The number of anilines is 1. The van der Waals surface area contributed by atoms with Crippen molar-refractivity contribution >= 4 is 23.2 Å². The summed E-state index contributed by atoms with van der Waals surface area (Å²) in [5.41, 5.74) is 5.57. The van der Waals surface area contributed by atoms with Gasteiger partial charge in [-0.3, -0.25) is 14.4 Å². The predicted octanol–water partition coefficient (Wildman–Crippen LogP) is 6.96. The second-order valence-electron chi connectivity index (χ2n) is 13.7. The second kappa shape index (κ2) is 11.2. The summed E-state index contributed by atoms with van der Waals surface area (Å²) in [6.45, 7) is 9.77. The van der Waals surface area contributed by atoms with Gasteiger partial charge in [-0.1, -0.05) is 37.5 Å². The van der Waals surface area contributed by atoms with E-state index in [0.717, 1.165) is 38.8 Å². The molecule has 1 heterocycles. The van der Waals surface area contributed by atoms with Gasteiger partial charge < -0.3 is 9.64 Å². The maximum Gasteiger partial charge on any atom is 0.303 e. The summed E-state index contributed by atoms with van der Waals surface area (Å²) in [6.07, 6.45) is 10.6. The minimum Gasteiger partial charge on any atom is -0.458 e. The van der Waals surface area contributed by atoms with Gasteiger partial charge in [0.2, 0.25) is 0 Å². The average molecular weight is 568 g/mol. The normalized spacial score (nSPS) is 34.0. The van der Waals surface area contributed by atoms with Crippen LogP contribution in [0.1, 0.15) is 97.0 Å². The zero-order chi connectivity index (χ0) is 29.6. The highest BCUT2D eigenvalue weighted by Gasteiger charge is 2.65. The molecule has 1 aromatic rings. The summed E-state index contributed by atoms with van der Waals surface area (Å²) >= 11 is 0. The van der Waals surface area contributed by atoms with Gasteiger partial charge in [0.15, 0.2) is 18.2 Å². The fourth-order valence-electron chi connectivity index (χ4n) is 9.59. The number of esters is 1. The van der Waals surface area contributed by atoms with Gasteiger partial charge >= 0.3 is 5.97 Å². The molecule has 1 aromatic carbocycles. The summed E-state index contributed by atoms with van der Waals surface area (Å²) in [7, 11) is 0. The van der Waals surface area contributed by atoms with E-state index in [1.807, 2.05) is 13.0 Å². The Morgan fingerprint density at radius 2 is 1.83 bits per heavy atom. The van der Waals surface area contributed by atoms with Gasteiger partial charge in [0, 0.05) is 38.0 Å². The number of piperidine rings is 1. The lowest BCUT2D eigenvalue weighted by atomic mass is 9.47. The van der Waals surface area contributed by atoms with Gasteiger partial charge in [0.1, 0.15) is 0 Å². The standard InChI is InChI=1S/C37H45NO4/c1-5-16-37(34(41)23-42-25(3)39)17-15-33-31-20-24(2)30-21-28(40)13-14-29(30)35(31)32(22-36(33,37)4)26-9-11-27(12-10-26)38-18-7-6-8-19-38/h9-12,21,24,31-33H,6-8,13-15,17-20,22-23H2,1-4H3/t24?,31-,32+,33-,36-,37+/m0/s1. The van der Waals surface area contributed by atoms with Crippen LogP contribution in [0.3, 0.4) is 0 Å². The van der Waals surface area contributed by atoms with E-state index in [1.54, 1.807) is 0 Å². The zero-order valence-electron chi connectivity index (χ0n) is 25.8. The monoisotopic (exact) mass is 567 g/mol. The van der Waals surface area contributed by atoms with E-state index in [4.69, 9.17) is 4.74 Å². The number of Topliss-reactive ketones (excluding diaryl/α,β-unsaturated/α-hetero) is 1. The molecule has 0 spiro atoms. The first-order valence-electron chi connectivity index (χ1n) is 16.1. The highest BCUT2D eigenvalue weighted by Crippen LogP contribution is 2.70. The molecule has 3 fully saturated rings. The molecule has 5 heteroatoms. The number of carbonyl (C=O) groups is 3. The van der Waals surface area contributed by atoms with Crippen LogP contribution in [0.25, 0.3) is 0 Å². The van der Waals surface area contributed by atoms with Gasteiger partial charge in [0.05, 0.1) is 5.41 Å². The Morgan fingerprint density at radius 1 is 1.10 bits per heavy atom. The van der Waals surface area contributed by atoms with E-state index in [9.17, 15) is 14.4 Å². The molecule has 42 heavy (non-hydrogen) atoms. The van der Waals surface area contributed by atoms with Gasteiger partial charge in [-0.25, -0.2) is 0 Å². The van der Waals surface area contributed by atoms with Crippen molar-refractivity contribution in [2.45, 2.75) is 91.4 Å². The smallest absolute Gasteiger partial charge is 0.303 e. The van der Waals surface area contributed by atoms with E-state index >= 15 is 0 Å². The van der Waals surface area contributed by atoms with Crippen molar-refractivity contribution in [1.82, 2.24) is 0 Å². The lowest BCUT2D eigenvalue weighted by Gasteiger charge is -2.55. The van der Waals surface area contributed by atoms with Crippen LogP contribution in [0.2, 0.25) is 0 Å². The first-order chi connectivity index (χ1) is 20.2. The minimum atomic E-state index is -0.841. The highest BCUT2D eigenvalue weighted by atomic mass is 16.5. The third kappa shape index (κ3) is 4.66.